The molecule has 3 aromatic heterocycles. The Kier molecular flexibility index (Phi) is 10.5. The largest absolute Gasteiger partial charge is 0.490 e. The van der Waals surface area contributed by atoms with E-state index in [1.54, 1.807) is 49.0 Å². The van der Waals surface area contributed by atoms with Crippen molar-refractivity contribution >= 4 is 34.6 Å². The number of aromatic carboxylic acids is 1. The van der Waals surface area contributed by atoms with E-state index < -0.39 is 23.9 Å². The number of ether oxygens (including phenoxy) is 1. The zero-order chi connectivity index (χ0) is 34.4. The summed E-state index contributed by atoms with van der Waals surface area (Å²) in [4.78, 5) is 40.8. The van der Waals surface area contributed by atoms with E-state index in [9.17, 15) is 27.5 Å². The lowest BCUT2D eigenvalue weighted by molar-refractivity contribution is -0.192. The summed E-state index contributed by atoms with van der Waals surface area (Å²) in [6, 6.07) is 9.44. The molecule has 2 N–H and O–H groups in total. The summed E-state index contributed by atoms with van der Waals surface area (Å²) in [5.41, 5.74) is 3.54. The van der Waals surface area contributed by atoms with Gasteiger partial charge in [-0.3, -0.25) is 9.88 Å². The zero-order valence-corrected chi connectivity index (χ0v) is 25.7. The number of nitrogens with zero attached hydrogens (tertiary/aromatic N) is 6. The lowest BCUT2D eigenvalue weighted by Gasteiger charge is -2.31. The van der Waals surface area contributed by atoms with Crippen molar-refractivity contribution in [3.63, 3.8) is 0 Å². The van der Waals surface area contributed by atoms with Crippen molar-refractivity contribution < 1.29 is 46.5 Å². The molecule has 0 spiro atoms. The van der Waals surface area contributed by atoms with Crippen LogP contribution in [0.5, 0.6) is 5.88 Å². The molecule has 1 saturated heterocycles. The second-order valence-corrected chi connectivity index (χ2v) is 11.2. The van der Waals surface area contributed by atoms with Crippen LogP contribution in [-0.4, -0.2) is 70.8 Å². The van der Waals surface area contributed by atoms with Gasteiger partial charge >= 0.3 is 18.1 Å². The molecule has 17 heteroatoms. The summed E-state index contributed by atoms with van der Waals surface area (Å²) in [5, 5.41) is 17.0. The number of carboxylic acids is 2. The van der Waals surface area contributed by atoms with Crippen molar-refractivity contribution in [3.8, 4) is 5.88 Å². The van der Waals surface area contributed by atoms with Crippen LogP contribution in [0.15, 0.2) is 65.9 Å². The van der Waals surface area contributed by atoms with E-state index in [1.165, 1.54) is 12.5 Å². The molecule has 1 aliphatic rings. The molecule has 0 radical (unpaired) electrons. The number of fused-ring (bicyclic) bond motifs is 1. The smallest absolute Gasteiger partial charge is 0.478 e. The number of alkyl halides is 3. The van der Waals surface area contributed by atoms with Gasteiger partial charge in [0.25, 0.3) is 0 Å². The Morgan fingerprint density at radius 2 is 1.75 bits per heavy atom. The second kappa shape index (κ2) is 14.8. The van der Waals surface area contributed by atoms with Crippen molar-refractivity contribution in [2.24, 2.45) is 0 Å². The topological polar surface area (TPSA) is 157 Å². The number of benzene rings is 2. The van der Waals surface area contributed by atoms with E-state index in [0.717, 1.165) is 54.2 Å². The highest BCUT2D eigenvalue weighted by atomic mass is 35.5. The number of oxazole rings is 1. The molecule has 12 nitrogen and oxygen atoms in total. The van der Waals surface area contributed by atoms with E-state index in [1.807, 2.05) is 4.57 Å². The Hall–Kier alpha value is -5.09. The first kappa shape index (κ1) is 34.3. The van der Waals surface area contributed by atoms with E-state index in [-0.39, 0.29) is 18.1 Å². The van der Waals surface area contributed by atoms with Crippen molar-refractivity contribution in [3.05, 3.63) is 101 Å². The number of hydrogen-bond donors (Lipinski definition) is 2. The molecule has 0 saturated carbocycles. The molecule has 1 fully saturated rings. The number of carbonyl (C=O) groups is 2. The fraction of sp³-hybridized carbons (Fsp3) is 0.290. The number of carboxylic acid groups (broad SMARTS) is 2. The molecule has 48 heavy (non-hydrogen) atoms. The molecule has 0 bridgehead atoms. The van der Waals surface area contributed by atoms with Gasteiger partial charge in [-0.15, -0.1) is 0 Å². The van der Waals surface area contributed by atoms with Crippen LogP contribution < -0.4 is 4.74 Å². The number of piperidine rings is 1. The van der Waals surface area contributed by atoms with E-state index in [0.29, 0.717) is 29.6 Å². The van der Waals surface area contributed by atoms with E-state index in [4.69, 9.17) is 35.6 Å². The van der Waals surface area contributed by atoms with Crippen LogP contribution in [-0.2, 0) is 24.5 Å². The number of aliphatic carboxylic acids is 1. The summed E-state index contributed by atoms with van der Waals surface area (Å²) in [6.07, 6.45) is 2.74. The Morgan fingerprint density at radius 3 is 2.40 bits per heavy atom. The molecule has 0 unspecified atom stereocenters. The number of rotatable bonds is 9. The fourth-order valence-corrected chi connectivity index (χ4v) is 5.32. The van der Waals surface area contributed by atoms with E-state index >= 15 is 0 Å². The molecule has 252 valence electrons. The van der Waals surface area contributed by atoms with Gasteiger partial charge in [-0.1, -0.05) is 17.7 Å². The second-order valence-electron chi connectivity index (χ2n) is 10.7. The number of likely N-dealkylation sites (tertiary alicyclic amines) is 1. The van der Waals surface area contributed by atoms with Crippen molar-refractivity contribution in [1.82, 2.24) is 29.4 Å². The number of halogens is 5. The minimum absolute atomic E-state index is 0.0267. The van der Waals surface area contributed by atoms with Gasteiger partial charge in [0, 0.05) is 28.9 Å². The summed E-state index contributed by atoms with van der Waals surface area (Å²) in [6.45, 7) is 2.61. The number of imidazole rings is 1. The maximum absolute atomic E-state index is 14.2. The van der Waals surface area contributed by atoms with Crippen LogP contribution in [0.25, 0.3) is 11.0 Å². The predicted octanol–water partition coefficient (Wildman–Crippen LogP) is 5.95. The first-order valence-corrected chi connectivity index (χ1v) is 14.8. The number of aromatic nitrogens is 5. The van der Waals surface area contributed by atoms with Gasteiger partial charge in [0.2, 0.25) is 5.88 Å². The van der Waals surface area contributed by atoms with Crippen LogP contribution in [0.2, 0.25) is 5.02 Å². The third-order valence-corrected chi connectivity index (χ3v) is 7.77. The first-order valence-electron chi connectivity index (χ1n) is 14.4. The highest BCUT2D eigenvalue weighted by Gasteiger charge is 2.38. The molecule has 1 aliphatic heterocycles. The summed E-state index contributed by atoms with van der Waals surface area (Å²) in [5.74, 6) is -2.81. The molecule has 5 aromatic rings. The Balaban J connectivity index is 0.000000582. The maximum Gasteiger partial charge on any atom is 0.490 e. The minimum atomic E-state index is -5.08. The molecule has 0 atom stereocenters. The molecular formula is C31H27ClF4N6O6. The molecule has 2 aromatic carbocycles. The summed E-state index contributed by atoms with van der Waals surface area (Å²) >= 11 is 5.86. The summed E-state index contributed by atoms with van der Waals surface area (Å²) < 4.78 is 59.0. The van der Waals surface area contributed by atoms with Gasteiger partial charge in [-0.2, -0.15) is 13.2 Å². The van der Waals surface area contributed by atoms with Crippen molar-refractivity contribution in [1.29, 1.82) is 0 Å². The predicted molar refractivity (Wildman–Crippen MR) is 161 cm³/mol. The molecular weight excluding hydrogens is 664 g/mol. The molecule has 4 heterocycles. The van der Waals surface area contributed by atoms with Crippen molar-refractivity contribution in [2.45, 2.75) is 44.6 Å². The first-order chi connectivity index (χ1) is 22.9. The highest BCUT2D eigenvalue weighted by molar-refractivity contribution is 6.30. The van der Waals surface area contributed by atoms with Gasteiger partial charge in [0.1, 0.15) is 30.2 Å². The van der Waals surface area contributed by atoms with E-state index in [2.05, 4.69) is 19.9 Å². The van der Waals surface area contributed by atoms with Crippen LogP contribution in [0.1, 0.15) is 51.9 Å². The highest BCUT2D eigenvalue weighted by Crippen LogP contribution is 2.33. The van der Waals surface area contributed by atoms with Crippen LogP contribution in [0.3, 0.4) is 0 Å². The van der Waals surface area contributed by atoms with Crippen LogP contribution in [0.4, 0.5) is 17.6 Å². The van der Waals surface area contributed by atoms with Gasteiger partial charge in [0.15, 0.2) is 6.39 Å². The Labute approximate surface area is 274 Å². The maximum atomic E-state index is 14.2. The van der Waals surface area contributed by atoms with Gasteiger partial charge < -0.3 is 23.9 Å². The fourth-order valence-electron chi connectivity index (χ4n) is 5.16. The Morgan fingerprint density at radius 1 is 1.02 bits per heavy atom. The molecule has 0 aliphatic carbocycles. The average molecular weight is 691 g/mol. The zero-order valence-electron chi connectivity index (χ0n) is 24.9. The standard InChI is InChI=1S/C29H26ClFN6O4.C2HF3O2/c30-21-3-1-20(23(31)12-21)15-41-28-27(32-7-8-33-28)18-5-9-36(10-6-18)14-26-35-24-4-2-19(29(38)39)11-25(24)37(26)13-22-16-40-17-34-22;3-2(4,5)1(6)7/h1-4,7-8,11-12,16-18H,5-6,9-10,13-15H2,(H,38,39);(H,6,7). The van der Waals surface area contributed by atoms with Crippen LogP contribution >= 0.6 is 11.6 Å². The molecule has 0 amide bonds. The number of hydrogen-bond acceptors (Lipinski definition) is 9. The SMILES string of the molecule is O=C(O)C(F)(F)F.O=C(O)c1ccc2nc(CN3CCC(c4nccnc4OCc4ccc(Cl)cc4F)CC3)n(Cc3cocn3)c2c1. The van der Waals surface area contributed by atoms with Gasteiger partial charge in [-0.25, -0.2) is 28.9 Å². The minimum Gasteiger partial charge on any atom is -0.478 e. The monoisotopic (exact) mass is 690 g/mol. The third-order valence-electron chi connectivity index (χ3n) is 7.53. The van der Waals surface area contributed by atoms with Gasteiger partial charge in [0.05, 0.1) is 35.4 Å². The van der Waals surface area contributed by atoms with Crippen LogP contribution in [0, 0.1) is 5.82 Å². The van der Waals surface area contributed by atoms with Crippen molar-refractivity contribution in [2.75, 3.05) is 13.1 Å². The lowest BCUT2D eigenvalue weighted by Crippen LogP contribution is -2.33. The average Bonchev–Trinajstić information content (AvgIpc) is 3.69. The molecule has 6 rings (SSSR count). The van der Waals surface area contributed by atoms with Gasteiger partial charge in [-0.05, 0) is 56.3 Å². The third kappa shape index (κ3) is 8.43. The summed E-state index contributed by atoms with van der Waals surface area (Å²) in [7, 11) is 0. The Bertz CT molecular complexity index is 1890. The quantitative estimate of drug-likeness (QED) is 0.176. The lowest BCUT2D eigenvalue weighted by atomic mass is 9.93. The normalized spacial score (nSPS) is 14.0.